The summed E-state index contributed by atoms with van der Waals surface area (Å²) in [6.45, 7) is 0.639. The standard InChI is InChI=1S/C13H10BrClFN/c14-12-7-9(1-6-13(12)16)8-17-11-4-2-10(15)3-5-11/h1-7,17H,8H2. The van der Waals surface area contributed by atoms with Gasteiger partial charge in [0.15, 0.2) is 0 Å². The first-order valence-corrected chi connectivity index (χ1v) is 6.25. The highest BCUT2D eigenvalue weighted by atomic mass is 79.9. The van der Waals surface area contributed by atoms with Crippen molar-refractivity contribution in [3.05, 3.63) is 63.3 Å². The first-order valence-electron chi connectivity index (χ1n) is 5.08. The van der Waals surface area contributed by atoms with Crippen LogP contribution in [0.1, 0.15) is 5.56 Å². The van der Waals surface area contributed by atoms with E-state index in [0.29, 0.717) is 16.0 Å². The van der Waals surface area contributed by atoms with E-state index in [1.54, 1.807) is 12.1 Å². The molecule has 0 amide bonds. The fourth-order valence-electron chi connectivity index (χ4n) is 1.42. The fraction of sp³-hybridized carbons (Fsp3) is 0.0769. The van der Waals surface area contributed by atoms with Gasteiger partial charge in [0, 0.05) is 17.3 Å². The average molecular weight is 315 g/mol. The SMILES string of the molecule is Fc1ccc(CNc2ccc(Cl)cc2)cc1Br. The Kier molecular flexibility index (Phi) is 4.02. The molecule has 88 valence electrons. The van der Waals surface area contributed by atoms with E-state index in [2.05, 4.69) is 21.2 Å². The molecule has 0 aromatic heterocycles. The maximum absolute atomic E-state index is 13.0. The van der Waals surface area contributed by atoms with E-state index in [4.69, 9.17) is 11.6 Å². The van der Waals surface area contributed by atoms with Gasteiger partial charge in [-0.05, 0) is 57.9 Å². The third-order valence-corrected chi connectivity index (χ3v) is 3.18. The fourth-order valence-corrected chi connectivity index (χ4v) is 1.97. The molecular formula is C13H10BrClFN. The first kappa shape index (κ1) is 12.4. The molecule has 2 rings (SSSR count). The van der Waals surface area contributed by atoms with Gasteiger partial charge >= 0.3 is 0 Å². The Labute approximate surface area is 113 Å². The zero-order valence-corrected chi connectivity index (χ0v) is 11.2. The second-order valence-electron chi connectivity index (χ2n) is 3.61. The molecule has 0 heterocycles. The van der Waals surface area contributed by atoms with Crippen molar-refractivity contribution in [1.82, 2.24) is 0 Å². The molecule has 0 bridgehead atoms. The minimum absolute atomic E-state index is 0.250. The average Bonchev–Trinajstić information content (AvgIpc) is 2.33. The summed E-state index contributed by atoms with van der Waals surface area (Å²) in [5, 5.41) is 3.94. The van der Waals surface area contributed by atoms with Crippen LogP contribution in [0.5, 0.6) is 0 Å². The van der Waals surface area contributed by atoms with Crippen molar-refractivity contribution in [2.75, 3.05) is 5.32 Å². The predicted octanol–water partition coefficient (Wildman–Crippen LogP) is 4.85. The molecule has 1 nitrogen and oxygen atoms in total. The van der Waals surface area contributed by atoms with Gasteiger partial charge in [0.1, 0.15) is 5.82 Å². The lowest BCUT2D eigenvalue weighted by Gasteiger charge is -2.07. The number of hydrogen-bond donors (Lipinski definition) is 1. The van der Waals surface area contributed by atoms with Crippen molar-refractivity contribution >= 4 is 33.2 Å². The van der Waals surface area contributed by atoms with Crippen LogP contribution in [0.25, 0.3) is 0 Å². The Morgan fingerprint density at radius 2 is 1.82 bits per heavy atom. The molecule has 17 heavy (non-hydrogen) atoms. The molecule has 4 heteroatoms. The molecule has 2 aromatic rings. The molecule has 0 unspecified atom stereocenters. The Morgan fingerprint density at radius 1 is 1.12 bits per heavy atom. The lowest BCUT2D eigenvalue weighted by molar-refractivity contribution is 0.620. The minimum Gasteiger partial charge on any atom is -0.381 e. The largest absolute Gasteiger partial charge is 0.381 e. The molecule has 0 radical (unpaired) electrons. The van der Waals surface area contributed by atoms with Gasteiger partial charge in [0.2, 0.25) is 0 Å². The summed E-state index contributed by atoms with van der Waals surface area (Å²) in [5.74, 6) is -0.250. The number of benzene rings is 2. The molecule has 0 aliphatic heterocycles. The summed E-state index contributed by atoms with van der Waals surface area (Å²) in [7, 11) is 0. The zero-order valence-electron chi connectivity index (χ0n) is 8.88. The summed E-state index contributed by atoms with van der Waals surface area (Å²) in [6, 6.07) is 12.4. The first-order chi connectivity index (χ1) is 8.15. The van der Waals surface area contributed by atoms with E-state index >= 15 is 0 Å². The lowest BCUT2D eigenvalue weighted by Crippen LogP contribution is -1.99. The second kappa shape index (κ2) is 5.52. The monoisotopic (exact) mass is 313 g/mol. The molecule has 0 fully saturated rings. The number of anilines is 1. The van der Waals surface area contributed by atoms with Crippen molar-refractivity contribution in [2.45, 2.75) is 6.54 Å². The smallest absolute Gasteiger partial charge is 0.137 e. The van der Waals surface area contributed by atoms with Crippen LogP contribution in [0.15, 0.2) is 46.9 Å². The molecule has 2 aromatic carbocycles. The van der Waals surface area contributed by atoms with Gasteiger partial charge in [0.05, 0.1) is 4.47 Å². The Bertz CT molecular complexity index is 513. The minimum atomic E-state index is -0.250. The van der Waals surface area contributed by atoms with E-state index in [-0.39, 0.29) is 5.82 Å². The maximum atomic E-state index is 13.0. The third-order valence-electron chi connectivity index (χ3n) is 2.32. The highest BCUT2D eigenvalue weighted by molar-refractivity contribution is 9.10. The van der Waals surface area contributed by atoms with Crippen LogP contribution in [0.3, 0.4) is 0 Å². The van der Waals surface area contributed by atoms with Gasteiger partial charge in [-0.25, -0.2) is 4.39 Å². The van der Waals surface area contributed by atoms with Crippen LogP contribution in [-0.2, 0) is 6.54 Å². The van der Waals surface area contributed by atoms with E-state index in [1.807, 2.05) is 24.3 Å². The Balaban J connectivity index is 2.02. The van der Waals surface area contributed by atoms with Crippen LogP contribution < -0.4 is 5.32 Å². The van der Waals surface area contributed by atoms with Crippen molar-refractivity contribution in [3.8, 4) is 0 Å². The lowest BCUT2D eigenvalue weighted by atomic mass is 10.2. The van der Waals surface area contributed by atoms with Gasteiger partial charge in [-0.15, -0.1) is 0 Å². The van der Waals surface area contributed by atoms with Crippen LogP contribution in [0.4, 0.5) is 10.1 Å². The zero-order chi connectivity index (χ0) is 12.3. The highest BCUT2D eigenvalue weighted by Crippen LogP contribution is 2.18. The van der Waals surface area contributed by atoms with Crippen molar-refractivity contribution in [3.63, 3.8) is 0 Å². The molecule has 0 aliphatic carbocycles. The van der Waals surface area contributed by atoms with E-state index < -0.39 is 0 Å². The van der Waals surface area contributed by atoms with Crippen LogP contribution in [0.2, 0.25) is 5.02 Å². The van der Waals surface area contributed by atoms with Gasteiger partial charge in [-0.3, -0.25) is 0 Å². The number of halogens is 3. The Morgan fingerprint density at radius 3 is 2.47 bits per heavy atom. The predicted molar refractivity (Wildman–Crippen MR) is 72.9 cm³/mol. The van der Waals surface area contributed by atoms with Gasteiger partial charge in [0.25, 0.3) is 0 Å². The number of hydrogen-bond acceptors (Lipinski definition) is 1. The van der Waals surface area contributed by atoms with Crippen molar-refractivity contribution in [1.29, 1.82) is 0 Å². The molecule has 0 saturated carbocycles. The van der Waals surface area contributed by atoms with E-state index in [1.165, 1.54) is 6.07 Å². The molecular weight excluding hydrogens is 305 g/mol. The van der Waals surface area contributed by atoms with Crippen LogP contribution in [0, 0.1) is 5.82 Å². The molecule has 0 spiro atoms. The second-order valence-corrected chi connectivity index (χ2v) is 4.90. The molecule has 0 saturated heterocycles. The molecule has 1 N–H and O–H groups in total. The summed E-state index contributed by atoms with van der Waals surface area (Å²) < 4.78 is 13.5. The van der Waals surface area contributed by atoms with Gasteiger partial charge in [-0.1, -0.05) is 17.7 Å². The summed E-state index contributed by atoms with van der Waals surface area (Å²) in [6.07, 6.45) is 0. The third kappa shape index (κ3) is 3.45. The van der Waals surface area contributed by atoms with Gasteiger partial charge < -0.3 is 5.32 Å². The summed E-state index contributed by atoms with van der Waals surface area (Å²) in [4.78, 5) is 0. The number of rotatable bonds is 3. The molecule has 0 aliphatic rings. The van der Waals surface area contributed by atoms with Crippen LogP contribution >= 0.6 is 27.5 Å². The topological polar surface area (TPSA) is 12.0 Å². The maximum Gasteiger partial charge on any atom is 0.137 e. The van der Waals surface area contributed by atoms with E-state index in [9.17, 15) is 4.39 Å². The summed E-state index contributed by atoms with van der Waals surface area (Å²) >= 11 is 8.95. The molecule has 0 atom stereocenters. The van der Waals surface area contributed by atoms with E-state index in [0.717, 1.165) is 11.3 Å². The number of nitrogens with one attached hydrogen (secondary N) is 1. The normalized spacial score (nSPS) is 10.3. The van der Waals surface area contributed by atoms with Crippen LogP contribution in [-0.4, -0.2) is 0 Å². The summed E-state index contributed by atoms with van der Waals surface area (Å²) in [5.41, 5.74) is 1.99. The van der Waals surface area contributed by atoms with Crippen molar-refractivity contribution in [2.24, 2.45) is 0 Å². The Hall–Kier alpha value is -1.06. The van der Waals surface area contributed by atoms with Gasteiger partial charge in [-0.2, -0.15) is 0 Å². The quantitative estimate of drug-likeness (QED) is 0.853. The van der Waals surface area contributed by atoms with Crippen molar-refractivity contribution < 1.29 is 4.39 Å². The highest BCUT2D eigenvalue weighted by Gasteiger charge is 2.00.